The number of carbonyl (C=O) groups is 1. The van der Waals surface area contributed by atoms with Gasteiger partial charge in [0.05, 0.1) is 16.6 Å². The van der Waals surface area contributed by atoms with Crippen molar-refractivity contribution in [2.45, 2.75) is 19.8 Å². The van der Waals surface area contributed by atoms with Crippen LogP contribution in [0.15, 0.2) is 29.6 Å². The van der Waals surface area contributed by atoms with Crippen molar-refractivity contribution in [3.8, 4) is 0 Å². The maximum absolute atomic E-state index is 13.0. The number of amides is 1. The van der Waals surface area contributed by atoms with Crippen molar-refractivity contribution >= 4 is 67.9 Å². The van der Waals surface area contributed by atoms with E-state index < -0.39 is 0 Å². The predicted octanol–water partition coefficient (Wildman–Crippen LogP) is 5.27. The maximum atomic E-state index is 13.0. The number of nitrogens with zero attached hydrogens (tertiary/aromatic N) is 3. The van der Waals surface area contributed by atoms with E-state index in [0.717, 1.165) is 38.8 Å². The lowest BCUT2D eigenvalue weighted by atomic mass is 10.2. The zero-order chi connectivity index (χ0) is 18.7. The maximum Gasteiger partial charge on any atom is 0.234 e. The van der Waals surface area contributed by atoms with Crippen molar-refractivity contribution in [1.82, 2.24) is 9.88 Å². The fourth-order valence-corrected chi connectivity index (χ4v) is 4.65. The third-order valence-electron chi connectivity index (χ3n) is 4.16. The first kappa shape index (κ1) is 22.1. The van der Waals surface area contributed by atoms with Gasteiger partial charge in [0.25, 0.3) is 0 Å². The van der Waals surface area contributed by atoms with Gasteiger partial charge < -0.3 is 4.90 Å². The van der Waals surface area contributed by atoms with Gasteiger partial charge in [0.1, 0.15) is 0 Å². The molecular formula is C19H23Cl2N3OS2. The van der Waals surface area contributed by atoms with Crippen LogP contribution in [0.2, 0.25) is 5.02 Å². The van der Waals surface area contributed by atoms with E-state index in [1.54, 1.807) is 22.7 Å². The standard InChI is InChI=1S/C19H22ClN3OS2.ClH/c1-13-15(20)7-8-16-18(13)21-19(26-16)23(10-5-9-22(2)3)17(24)12-14-6-4-11-25-14;/h4,6-8,11H,5,9-10,12H2,1-3H3;1H. The topological polar surface area (TPSA) is 36.4 Å². The van der Waals surface area contributed by atoms with Gasteiger partial charge in [-0.05, 0) is 63.1 Å². The van der Waals surface area contributed by atoms with Crippen LogP contribution >= 0.6 is 46.7 Å². The van der Waals surface area contributed by atoms with Crippen molar-refractivity contribution in [2.75, 3.05) is 32.1 Å². The van der Waals surface area contributed by atoms with Crippen LogP contribution in [-0.4, -0.2) is 43.0 Å². The summed E-state index contributed by atoms with van der Waals surface area (Å²) >= 11 is 9.40. The van der Waals surface area contributed by atoms with E-state index in [1.165, 1.54) is 0 Å². The number of thiophene rings is 1. The third kappa shape index (κ3) is 5.42. The molecule has 0 saturated carbocycles. The summed E-state index contributed by atoms with van der Waals surface area (Å²) in [6.45, 7) is 3.56. The van der Waals surface area contributed by atoms with E-state index in [-0.39, 0.29) is 18.3 Å². The molecule has 8 heteroatoms. The van der Waals surface area contributed by atoms with Gasteiger partial charge in [-0.3, -0.25) is 9.69 Å². The Morgan fingerprint density at radius 3 is 2.67 bits per heavy atom. The van der Waals surface area contributed by atoms with E-state index in [1.807, 2.05) is 55.6 Å². The molecule has 27 heavy (non-hydrogen) atoms. The van der Waals surface area contributed by atoms with E-state index in [4.69, 9.17) is 16.6 Å². The summed E-state index contributed by atoms with van der Waals surface area (Å²) in [6.07, 6.45) is 1.31. The van der Waals surface area contributed by atoms with Crippen molar-refractivity contribution in [1.29, 1.82) is 0 Å². The number of hydrogen-bond acceptors (Lipinski definition) is 5. The molecule has 2 aromatic heterocycles. The Labute approximate surface area is 179 Å². The summed E-state index contributed by atoms with van der Waals surface area (Å²) in [5.74, 6) is 0.0917. The van der Waals surface area contributed by atoms with Crippen LogP contribution < -0.4 is 4.90 Å². The lowest BCUT2D eigenvalue weighted by Crippen LogP contribution is -2.34. The van der Waals surface area contributed by atoms with Crippen molar-refractivity contribution in [3.63, 3.8) is 0 Å². The Balaban J connectivity index is 0.00000261. The van der Waals surface area contributed by atoms with Gasteiger partial charge in [-0.15, -0.1) is 23.7 Å². The highest BCUT2D eigenvalue weighted by Crippen LogP contribution is 2.34. The van der Waals surface area contributed by atoms with Crippen LogP contribution in [0.5, 0.6) is 0 Å². The first-order chi connectivity index (χ1) is 12.5. The molecule has 0 saturated heterocycles. The van der Waals surface area contributed by atoms with Crippen LogP contribution in [0, 0.1) is 6.92 Å². The minimum Gasteiger partial charge on any atom is -0.309 e. The van der Waals surface area contributed by atoms with E-state index >= 15 is 0 Å². The zero-order valence-electron chi connectivity index (χ0n) is 15.6. The molecule has 0 aliphatic rings. The number of fused-ring (bicyclic) bond motifs is 1. The van der Waals surface area contributed by atoms with E-state index in [9.17, 15) is 4.79 Å². The molecule has 146 valence electrons. The number of halogens is 2. The summed E-state index contributed by atoms with van der Waals surface area (Å²) in [7, 11) is 4.09. The molecule has 2 heterocycles. The Kier molecular flexibility index (Phi) is 8.06. The molecule has 1 aromatic carbocycles. The Morgan fingerprint density at radius 1 is 1.22 bits per heavy atom. The molecule has 0 spiro atoms. The fraction of sp³-hybridized carbons (Fsp3) is 0.368. The van der Waals surface area contributed by atoms with Gasteiger partial charge in [0.15, 0.2) is 5.13 Å². The molecule has 0 bridgehead atoms. The van der Waals surface area contributed by atoms with Crippen molar-refractivity contribution < 1.29 is 4.79 Å². The average Bonchev–Trinajstić information content (AvgIpc) is 3.24. The first-order valence-corrected chi connectivity index (χ1v) is 10.6. The molecule has 0 fully saturated rings. The Hall–Kier alpha value is -1.18. The van der Waals surface area contributed by atoms with Gasteiger partial charge in [-0.25, -0.2) is 4.98 Å². The molecule has 1 amide bonds. The first-order valence-electron chi connectivity index (χ1n) is 8.49. The zero-order valence-corrected chi connectivity index (χ0v) is 18.8. The van der Waals surface area contributed by atoms with Crippen LogP contribution in [0.4, 0.5) is 5.13 Å². The number of hydrogen-bond donors (Lipinski definition) is 0. The van der Waals surface area contributed by atoms with Crippen LogP contribution in [0.3, 0.4) is 0 Å². The molecule has 0 radical (unpaired) electrons. The van der Waals surface area contributed by atoms with Crippen LogP contribution in [-0.2, 0) is 11.2 Å². The molecule has 3 rings (SSSR count). The second kappa shape index (κ2) is 9.85. The summed E-state index contributed by atoms with van der Waals surface area (Å²) in [5, 5.41) is 3.46. The van der Waals surface area contributed by atoms with E-state index in [2.05, 4.69) is 4.90 Å². The number of thiazole rings is 1. The second-order valence-corrected chi connectivity index (χ2v) is 8.92. The summed E-state index contributed by atoms with van der Waals surface area (Å²) in [5.41, 5.74) is 1.85. The third-order valence-corrected chi connectivity index (χ3v) is 6.49. The minimum atomic E-state index is 0. The number of anilines is 1. The number of carbonyl (C=O) groups excluding carboxylic acids is 1. The highest BCUT2D eigenvalue weighted by molar-refractivity contribution is 7.22. The number of aryl methyl sites for hydroxylation is 1. The van der Waals surface area contributed by atoms with Gasteiger partial charge in [0, 0.05) is 16.4 Å². The van der Waals surface area contributed by atoms with Gasteiger partial charge in [-0.1, -0.05) is 29.0 Å². The van der Waals surface area contributed by atoms with Crippen molar-refractivity contribution in [2.24, 2.45) is 0 Å². The summed E-state index contributed by atoms with van der Waals surface area (Å²) < 4.78 is 1.06. The molecule has 0 atom stereocenters. The normalized spacial score (nSPS) is 11.0. The highest BCUT2D eigenvalue weighted by Gasteiger charge is 2.21. The molecule has 0 aliphatic heterocycles. The molecule has 3 aromatic rings. The van der Waals surface area contributed by atoms with Crippen molar-refractivity contribution in [3.05, 3.63) is 45.1 Å². The fourth-order valence-electron chi connectivity index (χ4n) is 2.73. The lowest BCUT2D eigenvalue weighted by molar-refractivity contribution is -0.118. The monoisotopic (exact) mass is 443 g/mol. The summed E-state index contributed by atoms with van der Waals surface area (Å²) in [6, 6.07) is 7.86. The number of rotatable bonds is 7. The quantitative estimate of drug-likeness (QED) is 0.498. The Bertz CT molecular complexity index is 894. The average molecular weight is 444 g/mol. The molecule has 0 unspecified atom stereocenters. The summed E-state index contributed by atoms with van der Waals surface area (Å²) in [4.78, 5) is 22.8. The molecule has 4 nitrogen and oxygen atoms in total. The molecule has 0 N–H and O–H groups in total. The van der Waals surface area contributed by atoms with Crippen LogP contribution in [0.1, 0.15) is 16.9 Å². The SMILES string of the molecule is Cc1c(Cl)ccc2sc(N(CCCN(C)C)C(=O)Cc3cccs3)nc12.Cl. The second-order valence-electron chi connectivity index (χ2n) is 6.47. The van der Waals surface area contributed by atoms with Gasteiger partial charge in [-0.2, -0.15) is 0 Å². The van der Waals surface area contributed by atoms with Gasteiger partial charge >= 0.3 is 0 Å². The molecular weight excluding hydrogens is 421 g/mol. The van der Waals surface area contributed by atoms with E-state index in [0.29, 0.717) is 18.0 Å². The smallest absolute Gasteiger partial charge is 0.234 e. The molecule has 0 aliphatic carbocycles. The minimum absolute atomic E-state index is 0. The Morgan fingerprint density at radius 2 is 2.00 bits per heavy atom. The largest absolute Gasteiger partial charge is 0.309 e. The number of aromatic nitrogens is 1. The highest BCUT2D eigenvalue weighted by atomic mass is 35.5. The van der Waals surface area contributed by atoms with Gasteiger partial charge in [0.2, 0.25) is 5.91 Å². The van der Waals surface area contributed by atoms with Crippen LogP contribution in [0.25, 0.3) is 10.2 Å². The lowest BCUT2D eigenvalue weighted by Gasteiger charge is -2.20. The predicted molar refractivity (Wildman–Crippen MR) is 120 cm³/mol. The number of benzene rings is 1.